The molecule has 1 aromatic carbocycles. The predicted molar refractivity (Wildman–Crippen MR) is 123 cm³/mol. The summed E-state index contributed by atoms with van der Waals surface area (Å²) in [5.74, 6) is 0.134. The third-order valence-corrected chi connectivity index (χ3v) is 7.27. The van der Waals surface area contributed by atoms with E-state index in [9.17, 15) is 4.79 Å². The van der Waals surface area contributed by atoms with Crippen LogP contribution in [-0.4, -0.2) is 45.8 Å². The van der Waals surface area contributed by atoms with Crippen molar-refractivity contribution in [3.8, 4) is 0 Å². The average molecular weight is 419 g/mol. The molecule has 5 heteroatoms. The van der Waals surface area contributed by atoms with Crippen LogP contribution in [0.15, 0.2) is 36.9 Å². The van der Waals surface area contributed by atoms with Crippen LogP contribution in [0.4, 0.5) is 0 Å². The molecule has 5 rings (SSSR count). The lowest BCUT2D eigenvalue weighted by Gasteiger charge is -2.28. The molecule has 1 aliphatic heterocycles. The van der Waals surface area contributed by atoms with E-state index in [-0.39, 0.29) is 5.91 Å². The van der Waals surface area contributed by atoms with Crippen LogP contribution in [0.1, 0.15) is 65.0 Å². The zero-order chi connectivity index (χ0) is 21.2. The maximum Gasteiger partial charge on any atom is 0.274 e. The molecular weight excluding hydrogens is 384 g/mol. The zero-order valence-electron chi connectivity index (χ0n) is 18.5. The normalized spacial score (nSPS) is 21.4. The summed E-state index contributed by atoms with van der Waals surface area (Å²) in [7, 11) is 0. The molecule has 1 atom stereocenters. The molecular formula is C26H34N4O. The van der Waals surface area contributed by atoms with Crippen LogP contribution in [0.5, 0.6) is 0 Å². The fourth-order valence-corrected chi connectivity index (χ4v) is 5.71. The van der Waals surface area contributed by atoms with Gasteiger partial charge in [-0.05, 0) is 56.1 Å². The summed E-state index contributed by atoms with van der Waals surface area (Å²) in [5, 5.41) is 8.73. The Morgan fingerprint density at radius 2 is 1.77 bits per heavy atom. The smallest absolute Gasteiger partial charge is 0.274 e. The van der Waals surface area contributed by atoms with Crippen molar-refractivity contribution in [2.24, 2.45) is 0 Å². The number of rotatable bonds is 5. The third kappa shape index (κ3) is 4.20. The maximum absolute atomic E-state index is 13.4. The number of likely N-dealkylation sites (tertiary alicyclic amines) is 1. The van der Waals surface area contributed by atoms with Crippen molar-refractivity contribution in [2.45, 2.75) is 76.4 Å². The Labute approximate surface area is 185 Å². The van der Waals surface area contributed by atoms with E-state index in [1.54, 1.807) is 0 Å². The molecule has 0 unspecified atom stereocenters. The molecule has 1 amide bonds. The second kappa shape index (κ2) is 8.99. The minimum Gasteiger partial charge on any atom is -0.337 e. The summed E-state index contributed by atoms with van der Waals surface area (Å²) in [6.45, 7) is 6.30. The lowest BCUT2D eigenvalue weighted by molar-refractivity contribution is 0.0753. The van der Waals surface area contributed by atoms with Gasteiger partial charge in [-0.25, -0.2) is 0 Å². The lowest BCUT2D eigenvalue weighted by atomic mass is 9.90. The molecule has 0 bridgehead atoms. The molecule has 31 heavy (non-hydrogen) atoms. The second-order valence-corrected chi connectivity index (χ2v) is 9.43. The summed E-state index contributed by atoms with van der Waals surface area (Å²) in [6.07, 6.45) is 11.7. The Balaban J connectivity index is 1.34. The van der Waals surface area contributed by atoms with E-state index in [2.05, 4.69) is 36.2 Å². The molecule has 1 N–H and O–H groups in total. The highest BCUT2D eigenvalue weighted by atomic mass is 16.2. The van der Waals surface area contributed by atoms with Gasteiger partial charge in [-0.3, -0.25) is 9.48 Å². The van der Waals surface area contributed by atoms with E-state index in [0.29, 0.717) is 24.3 Å². The predicted octanol–water partition coefficient (Wildman–Crippen LogP) is 3.70. The quantitative estimate of drug-likeness (QED) is 0.754. The second-order valence-electron chi connectivity index (χ2n) is 9.43. The molecule has 2 aromatic rings. The van der Waals surface area contributed by atoms with E-state index in [1.165, 1.54) is 35.2 Å². The van der Waals surface area contributed by atoms with E-state index < -0.39 is 0 Å². The van der Waals surface area contributed by atoms with E-state index >= 15 is 0 Å². The minimum atomic E-state index is 0.134. The summed E-state index contributed by atoms with van der Waals surface area (Å²) >= 11 is 0. The van der Waals surface area contributed by atoms with Crippen molar-refractivity contribution >= 4 is 5.91 Å². The standard InChI is InChI=1S/C26H34N4O/c1-2-13-30-24-12-11-21(27-22-16-19-9-5-6-10-20(19)17-22)18-23(24)25(28-30)26(31)29-14-7-3-4-8-15-29/h2,5-6,9-10,21-22,27H,1,3-4,7-8,11-18H2/t21-/m1/s1. The van der Waals surface area contributed by atoms with Gasteiger partial charge in [-0.15, -0.1) is 6.58 Å². The highest BCUT2D eigenvalue weighted by molar-refractivity contribution is 5.94. The molecule has 2 aliphatic carbocycles. The Morgan fingerprint density at radius 1 is 1.06 bits per heavy atom. The SMILES string of the molecule is C=CCn1nc(C(=O)N2CCCCCC2)c2c1CC[C@@H](NC1Cc3ccccc3C1)C2. The Kier molecular flexibility index (Phi) is 5.95. The van der Waals surface area contributed by atoms with Crippen molar-refractivity contribution in [2.75, 3.05) is 13.1 Å². The van der Waals surface area contributed by atoms with Crippen LogP contribution >= 0.6 is 0 Å². The first-order valence-corrected chi connectivity index (χ1v) is 12.0. The number of carbonyl (C=O) groups excluding carboxylic acids is 1. The van der Waals surface area contributed by atoms with Gasteiger partial charge in [0.15, 0.2) is 5.69 Å². The van der Waals surface area contributed by atoms with E-state index in [1.807, 2.05) is 15.7 Å². The van der Waals surface area contributed by atoms with Gasteiger partial charge in [0, 0.05) is 36.4 Å². The molecule has 1 aromatic heterocycles. The summed E-state index contributed by atoms with van der Waals surface area (Å²) < 4.78 is 2.02. The van der Waals surface area contributed by atoms with Gasteiger partial charge in [0.25, 0.3) is 5.91 Å². The number of benzene rings is 1. The van der Waals surface area contributed by atoms with Gasteiger partial charge in [-0.1, -0.05) is 43.2 Å². The van der Waals surface area contributed by atoms with Gasteiger partial charge >= 0.3 is 0 Å². The summed E-state index contributed by atoms with van der Waals surface area (Å²) in [6, 6.07) is 9.70. The molecule has 1 fully saturated rings. The van der Waals surface area contributed by atoms with Crippen molar-refractivity contribution in [3.63, 3.8) is 0 Å². The van der Waals surface area contributed by atoms with E-state index in [0.717, 1.165) is 58.0 Å². The summed E-state index contributed by atoms with van der Waals surface area (Å²) in [4.78, 5) is 15.5. The van der Waals surface area contributed by atoms with Gasteiger partial charge < -0.3 is 10.2 Å². The molecule has 164 valence electrons. The number of aromatic nitrogens is 2. The molecule has 1 saturated heterocycles. The topological polar surface area (TPSA) is 50.2 Å². The first kappa shape index (κ1) is 20.5. The number of amides is 1. The van der Waals surface area contributed by atoms with Gasteiger partial charge in [0.05, 0.1) is 6.54 Å². The zero-order valence-corrected chi connectivity index (χ0v) is 18.5. The molecule has 5 nitrogen and oxygen atoms in total. The number of hydrogen-bond acceptors (Lipinski definition) is 3. The summed E-state index contributed by atoms with van der Waals surface area (Å²) in [5.41, 5.74) is 6.07. The fourth-order valence-electron chi connectivity index (χ4n) is 5.71. The van der Waals surface area contributed by atoms with E-state index in [4.69, 9.17) is 5.10 Å². The number of nitrogens with one attached hydrogen (secondary N) is 1. The number of allylic oxidation sites excluding steroid dienone is 1. The minimum absolute atomic E-state index is 0.134. The lowest BCUT2D eigenvalue weighted by Crippen LogP contribution is -2.42. The molecule has 0 saturated carbocycles. The third-order valence-electron chi connectivity index (χ3n) is 7.27. The van der Waals surface area contributed by atoms with Crippen LogP contribution in [0.25, 0.3) is 0 Å². The number of fused-ring (bicyclic) bond motifs is 2. The maximum atomic E-state index is 13.4. The molecule has 0 spiro atoms. The average Bonchev–Trinajstić information content (AvgIpc) is 3.22. The molecule has 0 radical (unpaired) electrons. The first-order chi connectivity index (χ1) is 15.2. The Morgan fingerprint density at radius 3 is 2.45 bits per heavy atom. The van der Waals surface area contributed by atoms with Crippen molar-refractivity contribution in [1.29, 1.82) is 0 Å². The molecule has 2 heterocycles. The monoisotopic (exact) mass is 418 g/mol. The van der Waals surface area contributed by atoms with Gasteiger partial charge in [-0.2, -0.15) is 5.10 Å². The van der Waals surface area contributed by atoms with Crippen LogP contribution in [0.2, 0.25) is 0 Å². The Hall–Kier alpha value is -2.40. The molecule has 3 aliphatic rings. The highest BCUT2D eigenvalue weighted by Gasteiger charge is 2.32. The van der Waals surface area contributed by atoms with Gasteiger partial charge in [0.1, 0.15) is 0 Å². The number of carbonyl (C=O) groups is 1. The van der Waals surface area contributed by atoms with Crippen LogP contribution < -0.4 is 5.32 Å². The van der Waals surface area contributed by atoms with Gasteiger partial charge in [0.2, 0.25) is 0 Å². The van der Waals surface area contributed by atoms with Crippen LogP contribution in [0, 0.1) is 0 Å². The van der Waals surface area contributed by atoms with Crippen molar-refractivity contribution in [1.82, 2.24) is 20.0 Å². The van der Waals surface area contributed by atoms with Crippen LogP contribution in [0.3, 0.4) is 0 Å². The van der Waals surface area contributed by atoms with Crippen LogP contribution in [-0.2, 0) is 32.2 Å². The fraction of sp³-hybridized carbons (Fsp3) is 0.538. The first-order valence-electron chi connectivity index (χ1n) is 12.0. The number of hydrogen-bond donors (Lipinski definition) is 1. The Bertz CT molecular complexity index is 929. The number of nitrogens with zero attached hydrogens (tertiary/aromatic N) is 3. The largest absolute Gasteiger partial charge is 0.337 e. The van der Waals surface area contributed by atoms with Crippen molar-refractivity contribution < 1.29 is 4.79 Å². The van der Waals surface area contributed by atoms with Crippen molar-refractivity contribution in [3.05, 3.63) is 65.0 Å². The highest BCUT2D eigenvalue weighted by Crippen LogP contribution is 2.29.